The molecule has 1 aromatic heterocycles. The van der Waals surface area contributed by atoms with Crippen LogP contribution in [-0.4, -0.2) is 6.54 Å². The predicted octanol–water partition coefficient (Wildman–Crippen LogP) is 4.87. The first-order chi connectivity index (χ1) is 8.56. The molecule has 2 aromatic rings. The molecule has 2 rings (SSSR count). The van der Waals surface area contributed by atoms with Gasteiger partial charge in [0.2, 0.25) is 0 Å². The lowest BCUT2D eigenvalue weighted by atomic mass is 10.1. The zero-order valence-corrected chi connectivity index (χ0v) is 13.0. The molecule has 0 saturated carbocycles. The molecular formula is C15H20BrNO. The van der Waals surface area contributed by atoms with Gasteiger partial charge < -0.3 is 9.73 Å². The van der Waals surface area contributed by atoms with Crippen molar-refractivity contribution in [3.63, 3.8) is 0 Å². The van der Waals surface area contributed by atoms with E-state index in [9.17, 15) is 0 Å². The van der Waals surface area contributed by atoms with Crippen LogP contribution in [0, 0.1) is 13.8 Å². The topological polar surface area (TPSA) is 25.2 Å². The van der Waals surface area contributed by atoms with E-state index in [-0.39, 0.29) is 6.04 Å². The highest BCUT2D eigenvalue weighted by Gasteiger charge is 2.18. The summed E-state index contributed by atoms with van der Waals surface area (Å²) in [4.78, 5) is 0. The highest BCUT2D eigenvalue weighted by Crippen LogP contribution is 2.35. The fourth-order valence-corrected chi connectivity index (χ4v) is 2.93. The van der Waals surface area contributed by atoms with E-state index in [2.05, 4.69) is 61.1 Å². The molecule has 0 saturated heterocycles. The van der Waals surface area contributed by atoms with Crippen molar-refractivity contribution in [2.45, 2.75) is 40.2 Å². The van der Waals surface area contributed by atoms with Crippen LogP contribution in [0.2, 0.25) is 0 Å². The van der Waals surface area contributed by atoms with E-state index in [0.29, 0.717) is 0 Å². The minimum atomic E-state index is 0.253. The summed E-state index contributed by atoms with van der Waals surface area (Å²) in [6.07, 6.45) is 1.13. The number of furan rings is 1. The van der Waals surface area contributed by atoms with Crippen LogP contribution in [0.25, 0.3) is 11.0 Å². The Morgan fingerprint density at radius 2 is 2.06 bits per heavy atom. The Kier molecular flexibility index (Phi) is 4.13. The van der Waals surface area contributed by atoms with Gasteiger partial charge in [0, 0.05) is 15.4 Å². The summed E-state index contributed by atoms with van der Waals surface area (Å²) >= 11 is 3.62. The Balaban J connectivity index is 2.50. The van der Waals surface area contributed by atoms with Gasteiger partial charge in [0.25, 0.3) is 0 Å². The largest absolute Gasteiger partial charge is 0.459 e. The van der Waals surface area contributed by atoms with E-state index in [1.165, 1.54) is 16.5 Å². The van der Waals surface area contributed by atoms with E-state index >= 15 is 0 Å². The average molecular weight is 310 g/mol. The molecule has 1 heterocycles. The molecule has 0 aliphatic heterocycles. The zero-order valence-electron chi connectivity index (χ0n) is 11.4. The molecule has 3 heteroatoms. The summed E-state index contributed by atoms with van der Waals surface area (Å²) in [5, 5.41) is 4.68. The van der Waals surface area contributed by atoms with E-state index in [4.69, 9.17) is 4.42 Å². The molecule has 1 atom stereocenters. The number of fused-ring (bicyclic) bond motifs is 1. The third-order valence-corrected chi connectivity index (χ3v) is 4.01. The van der Waals surface area contributed by atoms with Crippen LogP contribution < -0.4 is 5.32 Å². The van der Waals surface area contributed by atoms with Gasteiger partial charge in [-0.2, -0.15) is 0 Å². The van der Waals surface area contributed by atoms with Crippen molar-refractivity contribution in [1.82, 2.24) is 5.32 Å². The van der Waals surface area contributed by atoms with Crippen LogP contribution >= 0.6 is 15.9 Å². The minimum Gasteiger partial charge on any atom is -0.459 e. The molecule has 0 aliphatic carbocycles. The summed E-state index contributed by atoms with van der Waals surface area (Å²) in [6, 6.07) is 4.43. The molecule has 0 radical (unpaired) electrons. The Hall–Kier alpha value is -0.800. The van der Waals surface area contributed by atoms with Crippen LogP contribution in [0.1, 0.15) is 43.2 Å². The first kappa shape index (κ1) is 13.6. The Morgan fingerprint density at radius 3 is 2.67 bits per heavy atom. The molecule has 2 nitrogen and oxygen atoms in total. The molecular weight excluding hydrogens is 290 g/mol. The van der Waals surface area contributed by atoms with Crippen LogP contribution in [0.3, 0.4) is 0 Å². The minimum absolute atomic E-state index is 0.253. The fourth-order valence-electron chi connectivity index (χ4n) is 2.32. The van der Waals surface area contributed by atoms with Crippen molar-refractivity contribution in [2.75, 3.05) is 6.54 Å². The van der Waals surface area contributed by atoms with Crippen molar-refractivity contribution in [2.24, 2.45) is 0 Å². The molecule has 1 N–H and O–H groups in total. The molecule has 18 heavy (non-hydrogen) atoms. The van der Waals surface area contributed by atoms with Crippen LogP contribution in [0.15, 0.2) is 21.0 Å². The summed E-state index contributed by atoms with van der Waals surface area (Å²) < 4.78 is 7.19. The number of aryl methyl sites for hydroxylation is 2. The van der Waals surface area contributed by atoms with Gasteiger partial charge in [-0.1, -0.05) is 28.9 Å². The number of hydrogen-bond donors (Lipinski definition) is 1. The summed E-state index contributed by atoms with van der Waals surface area (Å²) in [5.74, 6) is 1.05. The number of halogens is 1. The third kappa shape index (κ3) is 2.34. The maximum Gasteiger partial charge on any atom is 0.138 e. The highest BCUT2D eigenvalue weighted by atomic mass is 79.9. The second kappa shape index (κ2) is 5.45. The van der Waals surface area contributed by atoms with Crippen LogP contribution in [0.4, 0.5) is 0 Å². The Bertz CT molecular complexity index is 559. The molecule has 1 unspecified atom stereocenters. The first-order valence-electron chi connectivity index (χ1n) is 6.47. The number of benzene rings is 1. The quantitative estimate of drug-likeness (QED) is 0.871. The summed E-state index contributed by atoms with van der Waals surface area (Å²) in [5.41, 5.74) is 3.42. The molecule has 98 valence electrons. The third-order valence-electron chi connectivity index (χ3n) is 3.35. The van der Waals surface area contributed by atoms with E-state index < -0.39 is 0 Å². The fraction of sp³-hybridized carbons (Fsp3) is 0.467. The van der Waals surface area contributed by atoms with Crippen molar-refractivity contribution >= 4 is 26.9 Å². The summed E-state index contributed by atoms with van der Waals surface area (Å²) in [7, 11) is 0. The van der Waals surface area contributed by atoms with Crippen molar-refractivity contribution in [3.8, 4) is 0 Å². The Labute approximate surface area is 117 Å². The lowest BCUT2D eigenvalue weighted by Crippen LogP contribution is -2.19. The highest BCUT2D eigenvalue weighted by molar-refractivity contribution is 9.10. The van der Waals surface area contributed by atoms with Crippen LogP contribution in [-0.2, 0) is 0 Å². The standard InChI is InChI=1S/C15H20BrNO/c1-5-8-17-11(4)15-10(3)13-12(16)7-6-9(2)14(13)18-15/h6-7,11,17H,5,8H2,1-4H3. The van der Waals surface area contributed by atoms with Crippen molar-refractivity contribution in [3.05, 3.63) is 33.5 Å². The van der Waals surface area contributed by atoms with Gasteiger partial charge in [-0.25, -0.2) is 0 Å². The van der Waals surface area contributed by atoms with Crippen molar-refractivity contribution < 1.29 is 4.42 Å². The maximum absolute atomic E-state index is 6.08. The van der Waals surface area contributed by atoms with Gasteiger partial charge in [0.1, 0.15) is 11.3 Å². The molecule has 1 aromatic carbocycles. The molecule has 0 aliphatic rings. The second-order valence-electron chi connectivity index (χ2n) is 4.84. The SMILES string of the molecule is CCCNC(C)c1oc2c(C)ccc(Br)c2c1C. The monoisotopic (exact) mass is 309 g/mol. The number of rotatable bonds is 4. The molecule has 0 bridgehead atoms. The van der Waals surface area contributed by atoms with Gasteiger partial charge in [-0.05, 0) is 45.4 Å². The van der Waals surface area contributed by atoms with E-state index in [1.807, 2.05) is 0 Å². The van der Waals surface area contributed by atoms with Crippen LogP contribution in [0.5, 0.6) is 0 Å². The van der Waals surface area contributed by atoms with Gasteiger partial charge in [0.15, 0.2) is 0 Å². The van der Waals surface area contributed by atoms with E-state index in [0.717, 1.165) is 28.8 Å². The zero-order chi connectivity index (χ0) is 13.3. The lowest BCUT2D eigenvalue weighted by molar-refractivity contribution is 0.448. The van der Waals surface area contributed by atoms with Gasteiger partial charge in [-0.3, -0.25) is 0 Å². The number of nitrogens with one attached hydrogen (secondary N) is 1. The molecule has 0 fully saturated rings. The van der Waals surface area contributed by atoms with Gasteiger partial charge >= 0.3 is 0 Å². The smallest absolute Gasteiger partial charge is 0.138 e. The molecule has 0 spiro atoms. The lowest BCUT2D eigenvalue weighted by Gasteiger charge is -2.11. The summed E-state index contributed by atoms with van der Waals surface area (Å²) in [6.45, 7) is 9.56. The van der Waals surface area contributed by atoms with E-state index in [1.54, 1.807) is 0 Å². The average Bonchev–Trinajstić information content (AvgIpc) is 2.70. The van der Waals surface area contributed by atoms with Gasteiger partial charge in [0.05, 0.1) is 6.04 Å². The Morgan fingerprint density at radius 1 is 1.33 bits per heavy atom. The molecule has 0 amide bonds. The predicted molar refractivity (Wildman–Crippen MR) is 80.1 cm³/mol. The van der Waals surface area contributed by atoms with Gasteiger partial charge in [-0.15, -0.1) is 0 Å². The number of hydrogen-bond acceptors (Lipinski definition) is 2. The maximum atomic E-state index is 6.08. The van der Waals surface area contributed by atoms with Crippen molar-refractivity contribution in [1.29, 1.82) is 0 Å². The second-order valence-corrected chi connectivity index (χ2v) is 5.69. The first-order valence-corrected chi connectivity index (χ1v) is 7.27. The normalized spacial score (nSPS) is 13.2.